The summed E-state index contributed by atoms with van der Waals surface area (Å²) in [7, 11) is 0. The number of carbonyl (C=O) groups is 1. The lowest BCUT2D eigenvalue weighted by atomic mass is 10.1. The standard InChI is InChI=1S/C11H11N3O4/c1-6(2)9-10(11(15)16)13-4-3-7(14(17)18)5-8(13)12-9/h3-6H,1-2H3,(H,15,16). The summed E-state index contributed by atoms with van der Waals surface area (Å²) in [6.07, 6.45) is 1.36. The van der Waals surface area contributed by atoms with Gasteiger partial charge in [-0.3, -0.25) is 14.5 Å². The van der Waals surface area contributed by atoms with E-state index in [1.807, 2.05) is 13.8 Å². The molecule has 0 spiro atoms. The summed E-state index contributed by atoms with van der Waals surface area (Å²) in [6, 6.07) is 2.52. The van der Waals surface area contributed by atoms with Crippen molar-refractivity contribution in [2.45, 2.75) is 19.8 Å². The van der Waals surface area contributed by atoms with E-state index in [0.29, 0.717) is 5.69 Å². The van der Waals surface area contributed by atoms with Crippen molar-refractivity contribution in [2.24, 2.45) is 0 Å². The maximum absolute atomic E-state index is 11.2. The van der Waals surface area contributed by atoms with Crippen LogP contribution in [0.1, 0.15) is 35.9 Å². The van der Waals surface area contributed by atoms with Crippen LogP contribution in [0.5, 0.6) is 0 Å². The van der Waals surface area contributed by atoms with E-state index in [9.17, 15) is 20.0 Å². The highest BCUT2D eigenvalue weighted by molar-refractivity contribution is 5.88. The Morgan fingerprint density at radius 3 is 2.72 bits per heavy atom. The Kier molecular flexibility index (Phi) is 2.74. The Hall–Kier alpha value is -2.44. The van der Waals surface area contributed by atoms with Crippen LogP contribution >= 0.6 is 0 Å². The molecule has 0 aromatic carbocycles. The molecule has 2 rings (SSSR count). The molecule has 0 radical (unpaired) electrons. The van der Waals surface area contributed by atoms with Crippen LogP contribution in [0.2, 0.25) is 0 Å². The van der Waals surface area contributed by atoms with E-state index in [4.69, 9.17) is 0 Å². The molecule has 2 aromatic rings. The minimum atomic E-state index is -1.10. The van der Waals surface area contributed by atoms with Gasteiger partial charge in [0.1, 0.15) is 5.65 Å². The molecule has 0 saturated carbocycles. The van der Waals surface area contributed by atoms with Crippen molar-refractivity contribution in [1.82, 2.24) is 9.38 Å². The number of imidazole rings is 1. The largest absolute Gasteiger partial charge is 0.477 e. The van der Waals surface area contributed by atoms with Crippen molar-refractivity contribution in [3.8, 4) is 0 Å². The maximum atomic E-state index is 11.2. The van der Waals surface area contributed by atoms with Crippen LogP contribution in [0.15, 0.2) is 18.3 Å². The molecule has 2 aromatic heterocycles. The van der Waals surface area contributed by atoms with Gasteiger partial charge in [-0.25, -0.2) is 9.78 Å². The number of carboxylic acids is 1. The van der Waals surface area contributed by atoms with Gasteiger partial charge in [0.05, 0.1) is 16.7 Å². The molecule has 0 unspecified atom stereocenters. The molecule has 18 heavy (non-hydrogen) atoms. The fourth-order valence-electron chi connectivity index (χ4n) is 1.78. The highest BCUT2D eigenvalue weighted by Gasteiger charge is 2.21. The second-order valence-corrected chi connectivity index (χ2v) is 4.18. The second kappa shape index (κ2) is 4.10. The maximum Gasteiger partial charge on any atom is 0.354 e. The molecular formula is C11H11N3O4. The fraction of sp³-hybridized carbons (Fsp3) is 0.273. The number of fused-ring (bicyclic) bond motifs is 1. The third kappa shape index (κ3) is 1.79. The number of aromatic carboxylic acids is 1. The lowest BCUT2D eigenvalue weighted by molar-refractivity contribution is -0.384. The topological polar surface area (TPSA) is 97.7 Å². The quantitative estimate of drug-likeness (QED) is 0.663. The average Bonchev–Trinajstić information content (AvgIpc) is 2.66. The normalized spacial score (nSPS) is 11.1. The number of hydrogen-bond donors (Lipinski definition) is 1. The Bertz CT molecular complexity index is 645. The van der Waals surface area contributed by atoms with E-state index < -0.39 is 10.9 Å². The molecule has 1 N–H and O–H groups in total. The number of aromatic nitrogens is 2. The first-order valence-corrected chi connectivity index (χ1v) is 5.31. The van der Waals surface area contributed by atoms with Gasteiger partial charge in [-0.1, -0.05) is 13.8 Å². The summed E-state index contributed by atoms with van der Waals surface area (Å²) in [5.41, 5.74) is 0.628. The summed E-state index contributed by atoms with van der Waals surface area (Å²) < 4.78 is 1.35. The summed E-state index contributed by atoms with van der Waals surface area (Å²) in [5, 5.41) is 19.8. The summed E-state index contributed by atoms with van der Waals surface area (Å²) in [5.74, 6) is -1.17. The second-order valence-electron chi connectivity index (χ2n) is 4.18. The van der Waals surface area contributed by atoms with Crippen LogP contribution in [-0.2, 0) is 0 Å². The molecule has 94 valence electrons. The van der Waals surface area contributed by atoms with Crippen LogP contribution in [-0.4, -0.2) is 25.4 Å². The molecule has 0 aliphatic carbocycles. The molecule has 0 aliphatic heterocycles. The molecule has 7 nitrogen and oxygen atoms in total. The van der Waals surface area contributed by atoms with Gasteiger partial charge in [0.15, 0.2) is 5.69 Å². The molecule has 0 aliphatic rings. The Labute approximate surface area is 102 Å². The summed E-state index contributed by atoms with van der Waals surface area (Å²) >= 11 is 0. The lowest BCUT2D eigenvalue weighted by Gasteiger charge is -2.02. The van der Waals surface area contributed by atoms with Crippen molar-refractivity contribution < 1.29 is 14.8 Å². The zero-order valence-corrected chi connectivity index (χ0v) is 9.82. The average molecular weight is 249 g/mol. The molecular weight excluding hydrogens is 238 g/mol. The molecule has 0 fully saturated rings. The molecule has 0 atom stereocenters. The van der Waals surface area contributed by atoms with Gasteiger partial charge in [-0.2, -0.15) is 0 Å². The smallest absolute Gasteiger partial charge is 0.354 e. The Balaban J connectivity index is 2.76. The predicted molar refractivity (Wildman–Crippen MR) is 62.9 cm³/mol. The third-order valence-electron chi connectivity index (χ3n) is 2.60. The zero-order valence-electron chi connectivity index (χ0n) is 9.82. The molecule has 7 heteroatoms. The lowest BCUT2D eigenvalue weighted by Crippen LogP contribution is -2.06. The van der Waals surface area contributed by atoms with Gasteiger partial charge >= 0.3 is 5.97 Å². The van der Waals surface area contributed by atoms with Crippen LogP contribution in [0, 0.1) is 10.1 Å². The number of nitrogens with zero attached hydrogens (tertiary/aromatic N) is 3. The number of hydrogen-bond acceptors (Lipinski definition) is 4. The van der Waals surface area contributed by atoms with E-state index in [1.54, 1.807) is 0 Å². The van der Waals surface area contributed by atoms with Crippen molar-refractivity contribution in [3.63, 3.8) is 0 Å². The van der Waals surface area contributed by atoms with E-state index in [1.165, 1.54) is 22.7 Å². The van der Waals surface area contributed by atoms with Crippen LogP contribution < -0.4 is 0 Å². The first kappa shape index (κ1) is 12.0. The first-order chi connectivity index (χ1) is 8.41. The van der Waals surface area contributed by atoms with Crippen LogP contribution in [0.3, 0.4) is 0 Å². The van der Waals surface area contributed by atoms with E-state index in [2.05, 4.69) is 4.98 Å². The number of nitro groups is 1. The van der Waals surface area contributed by atoms with Gasteiger partial charge < -0.3 is 5.11 Å². The van der Waals surface area contributed by atoms with Crippen molar-refractivity contribution in [2.75, 3.05) is 0 Å². The molecule has 2 heterocycles. The first-order valence-electron chi connectivity index (χ1n) is 5.31. The monoisotopic (exact) mass is 249 g/mol. The molecule has 0 saturated heterocycles. The molecule has 0 bridgehead atoms. The van der Waals surface area contributed by atoms with Gasteiger partial charge in [-0.05, 0) is 5.92 Å². The Morgan fingerprint density at radius 1 is 1.56 bits per heavy atom. The fourth-order valence-corrected chi connectivity index (χ4v) is 1.78. The number of carboxylic acid groups (broad SMARTS) is 1. The van der Waals surface area contributed by atoms with Gasteiger partial charge in [0.2, 0.25) is 0 Å². The zero-order chi connectivity index (χ0) is 13.4. The summed E-state index contributed by atoms with van der Waals surface area (Å²) in [6.45, 7) is 3.64. The molecule has 0 amide bonds. The van der Waals surface area contributed by atoms with E-state index >= 15 is 0 Å². The Morgan fingerprint density at radius 2 is 2.22 bits per heavy atom. The van der Waals surface area contributed by atoms with Gasteiger partial charge in [0.25, 0.3) is 5.69 Å². The van der Waals surface area contributed by atoms with Crippen molar-refractivity contribution >= 4 is 17.3 Å². The SMILES string of the molecule is CC(C)c1nc2cc([N+](=O)[O-])ccn2c1C(=O)O. The van der Waals surface area contributed by atoms with Gasteiger partial charge in [0, 0.05) is 12.3 Å². The van der Waals surface area contributed by atoms with Gasteiger partial charge in [-0.15, -0.1) is 0 Å². The third-order valence-corrected chi connectivity index (χ3v) is 2.60. The highest BCUT2D eigenvalue weighted by atomic mass is 16.6. The highest BCUT2D eigenvalue weighted by Crippen LogP contribution is 2.23. The van der Waals surface area contributed by atoms with Crippen LogP contribution in [0.4, 0.5) is 5.69 Å². The van der Waals surface area contributed by atoms with Crippen LogP contribution in [0.25, 0.3) is 5.65 Å². The minimum Gasteiger partial charge on any atom is -0.477 e. The predicted octanol–water partition coefficient (Wildman–Crippen LogP) is 2.06. The summed E-state index contributed by atoms with van der Waals surface area (Å²) in [4.78, 5) is 25.5. The minimum absolute atomic E-state index is 0.0508. The number of rotatable bonds is 3. The van der Waals surface area contributed by atoms with E-state index in [-0.39, 0.29) is 22.9 Å². The van der Waals surface area contributed by atoms with Crippen molar-refractivity contribution in [1.29, 1.82) is 0 Å². The van der Waals surface area contributed by atoms with Crippen molar-refractivity contribution in [3.05, 3.63) is 39.8 Å². The van der Waals surface area contributed by atoms with E-state index in [0.717, 1.165) is 0 Å². The number of pyridine rings is 1.